The van der Waals surface area contributed by atoms with Crippen LogP contribution in [-0.4, -0.2) is 22.4 Å². The standard InChI is InChI=1S/C10H17N3/c1-8-3-4-10(7-11-8)13-6-5-9(2)12-13/h5-6,8,10-11H,3-4,7H2,1-2H3. The topological polar surface area (TPSA) is 29.9 Å². The summed E-state index contributed by atoms with van der Waals surface area (Å²) in [6.07, 6.45) is 4.58. The van der Waals surface area contributed by atoms with E-state index in [1.165, 1.54) is 12.8 Å². The second-order valence-corrected chi connectivity index (χ2v) is 3.98. The lowest BCUT2D eigenvalue weighted by Gasteiger charge is -2.27. The molecule has 1 saturated heterocycles. The molecule has 1 aliphatic rings. The van der Waals surface area contributed by atoms with Crippen molar-refractivity contribution in [1.29, 1.82) is 0 Å². The summed E-state index contributed by atoms with van der Waals surface area (Å²) in [7, 11) is 0. The molecule has 1 aromatic rings. The van der Waals surface area contributed by atoms with Gasteiger partial charge in [0.25, 0.3) is 0 Å². The maximum Gasteiger partial charge on any atom is 0.0644 e. The molecule has 0 radical (unpaired) electrons. The number of hydrogen-bond acceptors (Lipinski definition) is 2. The summed E-state index contributed by atoms with van der Waals surface area (Å²) in [5.41, 5.74) is 1.11. The molecule has 3 nitrogen and oxygen atoms in total. The SMILES string of the molecule is Cc1ccn(C2CCC(C)NC2)n1. The molecule has 0 bridgehead atoms. The molecule has 13 heavy (non-hydrogen) atoms. The smallest absolute Gasteiger partial charge is 0.0644 e. The van der Waals surface area contributed by atoms with Gasteiger partial charge >= 0.3 is 0 Å². The fraction of sp³-hybridized carbons (Fsp3) is 0.700. The Balaban J connectivity index is 2.02. The van der Waals surface area contributed by atoms with Crippen LogP contribution in [0, 0.1) is 6.92 Å². The molecule has 0 saturated carbocycles. The fourth-order valence-electron chi connectivity index (χ4n) is 1.85. The van der Waals surface area contributed by atoms with Gasteiger partial charge in [0, 0.05) is 18.8 Å². The Labute approximate surface area is 79.1 Å². The number of nitrogens with zero attached hydrogens (tertiary/aromatic N) is 2. The molecule has 1 N–H and O–H groups in total. The first-order chi connectivity index (χ1) is 6.25. The second-order valence-electron chi connectivity index (χ2n) is 3.98. The highest BCUT2D eigenvalue weighted by Gasteiger charge is 2.18. The van der Waals surface area contributed by atoms with Crippen LogP contribution in [0.2, 0.25) is 0 Å². The molecule has 72 valence electrons. The third-order valence-corrected chi connectivity index (χ3v) is 2.75. The monoisotopic (exact) mass is 179 g/mol. The minimum absolute atomic E-state index is 0.560. The summed E-state index contributed by atoms with van der Waals surface area (Å²) in [4.78, 5) is 0. The number of rotatable bonds is 1. The molecule has 2 unspecified atom stereocenters. The first-order valence-electron chi connectivity index (χ1n) is 5.01. The van der Waals surface area contributed by atoms with Gasteiger partial charge in [-0.1, -0.05) is 0 Å². The summed E-state index contributed by atoms with van der Waals surface area (Å²) in [5, 5.41) is 7.92. The Morgan fingerprint density at radius 1 is 1.54 bits per heavy atom. The molecule has 1 aliphatic heterocycles. The van der Waals surface area contributed by atoms with Crippen LogP contribution >= 0.6 is 0 Å². The first kappa shape index (κ1) is 8.75. The average molecular weight is 179 g/mol. The highest BCUT2D eigenvalue weighted by atomic mass is 15.3. The Hall–Kier alpha value is -0.830. The van der Waals surface area contributed by atoms with Gasteiger partial charge in [0.1, 0.15) is 0 Å². The predicted octanol–water partition coefficient (Wildman–Crippen LogP) is 1.50. The largest absolute Gasteiger partial charge is 0.312 e. The molecular weight excluding hydrogens is 162 g/mol. The summed E-state index contributed by atoms with van der Waals surface area (Å²) in [5.74, 6) is 0. The van der Waals surface area contributed by atoms with E-state index in [1.54, 1.807) is 0 Å². The average Bonchev–Trinajstić information content (AvgIpc) is 2.53. The van der Waals surface area contributed by atoms with E-state index in [-0.39, 0.29) is 0 Å². The van der Waals surface area contributed by atoms with E-state index >= 15 is 0 Å². The lowest BCUT2D eigenvalue weighted by atomic mass is 10.0. The van der Waals surface area contributed by atoms with E-state index in [2.05, 4.69) is 34.3 Å². The van der Waals surface area contributed by atoms with Crippen LogP contribution in [-0.2, 0) is 0 Å². The van der Waals surface area contributed by atoms with Crippen LogP contribution in [0.15, 0.2) is 12.3 Å². The van der Waals surface area contributed by atoms with Crippen LogP contribution < -0.4 is 5.32 Å². The molecule has 2 heterocycles. The van der Waals surface area contributed by atoms with Crippen molar-refractivity contribution >= 4 is 0 Å². The molecule has 0 spiro atoms. The van der Waals surface area contributed by atoms with Crippen molar-refractivity contribution in [3.63, 3.8) is 0 Å². The van der Waals surface area contributed by atoms with Crippen molar-refractivity contribution in [2.45, 2.75) is 38.8 Å². The number of nitrogens with one attached hydrogen (secondary N) is 1. The van der Waals surface area contributed by atoms with Crippen molar-refractivity contribution in [3.05, 3.63) is 18.0 Å². The maximum absolute atomic E-state index is 4.44. The van der Waals surface area contributed by atoms with Crippen molar-refractivity contribution in [2.75, 3.05) is 6.54 Å². The summed E-state index contributed by atoms with van der Waals surface area (Å²) < 4.78 is 2.09. The van der Waals surface area contributed by atoms with Crippen LogP contribution in [0.5, 0.6) is 0 Å². The van der Waals surface area contributed by atoms with Gasteiger partial charge in [0.05, 0.1) is 11.7 Å². The molecule has 0 aliphatic carbocycles. The molecule has 1 fully saturated rings. The van der Waals surface area contributed by atoms with Gasteiger partial charge in [-0.05, 0) is 32.8 Å². The molecule has 0 amide bonds. The van der Waals surface area contributed by atoms with Crippen LogP contribution in [0.4, 0.5) is 0 Å². The van der Waals surface area contributed by atoms with Crippen LogP contribution in [0.3, 0.4) is 0 Å². The summed E-state index contributed by atoms with van der Waals surface area (Å²) >= 11 is 0. The zero-order valence-corrected chi connectivity index (χ0v) is 8.33. The molecule has 1 aromatic heterocycles. The van der Waals surface area contributed by atoms with E-state index < -0.39 is 0 Å². The van der Waals surface area contributed by atoms with Crippen molar-refractivity contribution < 1.29 is 0 Å². The number of hydrogen-bond donors (Lipinski definition) is 1. The fourth-order valence-corrected chi connectivity index (χ4v) is 1.85. The zero-order chi connectivity index (χ0) is 9.26. The molecule has 2 atom stereocenters. The number of piperidine rings is 1. The lowest BCUT2D eigenvalue weighted by molar-refractivity contribution is 0.303. The maximum atomic E-state index is 4.44. The molecule has 2 rings (SSSR count). The van der Waals surface area contributed by atoms with Crippen LogP contribution in [0.1, 0.15) is 31.5 Å². The predicted molar refractivity (Wildman–Crippen MR) is 52.7 cm³/mol. The molecule has 3 heteroatoms. The van der Waals surface area contributed by atoms with Crippen molar-refractivity contribution in [3.8, 4) is 0 Å². The third-order valence-electron chi connectivity index (χ3n) is 2.75. The van der Waals surface area contributed by atoms with Gasteiger partial charge in [-0.3, -0.25) is 4.68 Å². The lowest BCUT2D eigenvalue weighted by Crippen LogP contribution is -2.38. The number of aromatic nitrogens is 2. The highest BCUT2D eigenvalue weighted by molar-refractivity contribution is 4.96. The van der Waals surface area contributed by atoms with Crippen molar-refractivity contribution in [2.24, 2.45) is 0 Å². The minimum atomic E-state index is 0.560. The van der Waals surface area contributed by atoms with E-state index in [1.807, 2.05) is 6.92 Å². The zero-order valence-electron chi connectivity index (χ0n) is 8.33. The minimum Gasteiger partial charge on any atom is -0.312 e. The normalized spacial score (nSPS) is 29.1. The van der Waals surface area contributed by atoms with Gasteiger partial charge in [0.15, 0.2) is 0 Å². The van der Waals surface area contributed by atoms with E-state index in [4.69, 9.17) is 0 Å². The van der Waals surface area contributed by atoms with Gasteiger partial charge in [-0.25, -0.2) is 0 Å². The second kappa shape index (κ2) is 3.50. The summed E-state index contributed by atoms with van der Waals surface area (Å²) in [6.45, 7) is 5.34. The van der Waals surface area contributed by atoms with Gasteiger partial charge in [-0.2, -0.15) is 5.10 Å². The van der Waals surface area contributed by atoms with Gasteiger partial charge in [0.2, 0.25) is 0 Å². The highest BCUT2D eigenvalue weighted by Crippen LogP contribution is 2.18. The van der Waals surface area contributed by atoms with E-state index in [9.17, 15) is 0 Å². The Morgan fingerprint density at radius 3 is 2.92 bits per heavy atom. The van der Waals surface area contributed by atoms with Gasteiger partial charge < -0.3 is 5.32 Å². The first-order valence-corrected chi connectivity index (χ1v) is 5.01. The quantitative estimate of drug-likeness (QED) is 0.708. The summed E-state index contributed by atoms with van der Waals surface area (Å²) in [6, 6.07) is 3.30. The number of aryl methyl sites for hydroxylation is 1. The van der Waals surface area contributed by atoms with Crippen LogP contribution in [0.25, 0.3) is 0 Å². The van der Waals surface area contributed by atoms with Crippen molar-refractivity contribution in [1.82, 2.24) is 15.1 Å². The molecule has 0 aromatic carbocycles. The Bertz CT molecular complexity index is 271. The Morgan fingerprint density at radius 2 is 2.38 bits per heavy atom. The Kier molecular flexibility index (Phi) is 2.36. The van der Waals surface area contributed by atoms with E-state index in [0.29, 0.717) is 12.1 Å². The third kappa shape index (κ3) is 1.91. The van der Waals surface area contributed by atoms with E-state index in [0.717, 1.165) is 12.2 Å². The molecular formula is C10H17N3. The van der Waals surface area contributed by atoms with Gasteiger partial charge in [-0.15, -0.1) is 0 Å².